The molecule has 2 N–H and O–H groups in total. The van der Waals surface area contributed by atoms with Crippen molar-refractivity contribution in [2.45, 2.75) is 31.2 Å². The fourth-order valence-corrected chi connectivity index (χ4v) is 4.10. The van der Waals surface area contributed by atoms with Crippen molar-refractivity contribution < 1.29 is 9.53 Å². The van der Waals surface area contributed by atoms with Gasteiger partial charge in [-0.25, -0.2) is 4.98 Å². The number of rotatable bonds is 4. The maximum absolute atomic E-state index is 11.9. The summed E-state index contributed by atoms with van der Waals surface area (Å²) >= 11 is 0. The standard InChI is InChI=1S/C20H23N5O2/c1-2-17(26)25-6-3-15(12-25)24-19-14(9-21)10-22-20-18(19)16(11-23-20)13-4-7-27-8-5-13/h2,10-11,13,15H,1,3-8,12H2,(H2,22,23,24)/t15-/m1/s1. The number of nitrogens with zero attached hydrogens (tertiary/aromatic N) is 3. The summed E-state index contributed by atoms with van der Waals surface area (Å²) in [4.78, 5) is 21.3. The number of carbonyl (C=O) groups excluding carboxylic acids is 1. The second-order valence-electron chi connectivity index (χ2n) is 7.13. The Kier molecular flexibility index (Phi) is 4.82. The van der Waals surface area contributed by atoms with Crippen LogP contribution in [0.5, 0.6) is 0 Å². The van der Waals surface area contributed by atoms with Gasteiger partial charge >= 0.3 is 0 Å². The minimum absolute atomic E-state index is 0.0516. The maximum atomic E-state index is 11.9. The molecule has 4 rings (SSSR count). The number of nitriles is 1. The van der Waals surface area contributed by atoms with E-state index in [9.17, 15) is 10.1 Å². The zero-order valence-corrected chi connectivity index (χ0v) is 15.2. The van der Waals surface area contributed by atoms with E-state index < -0.39 is 0 Å². The van der Waals surface area contributed by atoms with Crippen LogP contribution < -0.4 is 5.32 Å². The van der Waals surface area contributed by atoms with Crippen LogP contribution in [-0.4, -0.2) is 53.1 Å². The van der Waals surface area contributed by atoms with Crippen molar-refractivity contribution in [2.75, 3.05) is 31.6 Å². The number of pyridine rings is 1. The largest absolute Gasteiger partial charge is 0.381 e. The maximum Gasteiger partial charge on any atom is 0.246 e. The molecule has 2 aliphatic rings. The molecule has 7 nitrogen and oxygen atoms in total. The van der Waals surface area contributed by atoms with Gasteiger partial charge in [0.25, 0.3) is 0 Å². The molecule has 1 amide bonds. The zero-order chi connectivity index (χ0) is 18.8. The molecule has 0 radical (unpaired) electrons. The van der Waals surface area contributed by atoms with Crippen molar-refractivity contribution in [3.05, 3.63) is 36.2 Å². The first-order valence-corrected chi connectivity index (χ1v) is 9.37. The van der Waals surface area contributed by atoms with Crippen molar-refractivity contribution in [1.82, 2.24) is 14.9 Å². The van der Waals surface area contributed by atoms with Gasteiger partial charge in [0.15, 0.2) is 0 Å². The first-order valence-electron chi connectivity index (χ1n) is 9.37. The van der Waals surface area contributed by atoms with E-state index >= 15 is 0 Å². The Morgan fingerprint density at radius 3 is 3.00 bits per heavy atom. The smallest absolute Gasteiger partial charge is 0.246 e. The molecule has 2 saturated heterocycles. The number of hydrogen-bond acceptors (Lipinski definition) is 5. The highest BCUT2D eigenvalue weighted by Gasteiger charge is 2.28. The molecule has 2 aromatic heterocycles. The number of ether oxygens (including phenoxy) is 1. The van der Waals surface area contributed by atoms with Crippen LogP contribution in [-0.2, 0) is 9.53 Å². The Morgan fingerprint density at radius 2 is 2.26 bits per heavy atom. The van der Waals surface area contributed by atoms with E-state index in [4.69, 9.17) is 4.74 Å². The molecule has 0 aliphatic carbocycles. The monoisotopic (exact) mass is 365 g/mol. The molecule has 0 saturated carbocycles. The molecular weight excluding hydrogens is 342 g/mol. The predicted molar refractivity (Wildman–Crippen MR) is 102 cm³/mol. The van der Waals surface area contributed by atoms with E-state index in [1.807, 2.05) is 6.20 Å². The minimum Gasteiger partial charge on any atom is -0.381 e. The number of amides is 1. The third-order valence-electron chi connectivity index (χ3n) is 5.54. The molecule has 4 heterocycles. The number of H-pyrrole nitrogens is 1. The third-order valence-corrected chi connectivity index (χ3v) is 5.54. The normalized spacial score (nSPS) is 20.6. The molecule has 0 aromatic carbocycles. The van der Waals surface area contributed by atoms with E-state index in [2.05, 4.69) is 27.9 Å². The highest BCUT2D eigenvalue weighted by molar-refractivity contribution is 5.96. The number of fused-ring (bicyclic) bond motifs is 1. The van der Waals surface area contributed by atoms with Gasteiger partial charge in [0.2, 0.25) is 5.91 Å². The van der Waals surface area contributed by atoms with E-state index in [1.165, 1.54) is 11.6 Å². The van der Waals surface area contributed by atoms with Crippen molar-refractivity contribution in [3.8, 4) is 6.07 Å². The molecule has 2 fully saturated rings. The molecular formula is C20H23N5O2. The Morgan fingerprint density at radius 1 is 1.44 bits per heavy atom. The molecule has 140 valence electrons. The molecule has 27 heavy (non-hydrogen) atoms. The average Bonchev–Trinajstić information content (AvgIpc) is 3.35. The number of carbonyl (C=O) groups is 1. The third kappa shape index (κ3) is 3.28. The molecule has 2 aromatic rings. The van der Waals surface area contributed by atoms with Gasteiger partial charge < -0.3 is 19.9 Å². The van der Waals surface area contributed by atoms with E-state index in [0.717, 1.165) is 49.2 Å². The molecule has 0 spiro atoms. The van der Waals surface area contributed by atoms with Gasteiger partial charge in [0, 0.05) is 50.1 Å². The van der Waals surface area contributed by atoms with Crippen LogP contribution in [0.25, 0.3) is 11.0 Å². The summed E-state index contributed by atoms with van der Waals surface area (Å²) in [5, 5.41) is 14.2. The van der Waals surface area contributed by atoms with Crippen LogP contribution in [0.15, 0.2) is 25.0 Å². The lowest BCUT2D eigenvalue weighted by molar-refractivity contribution is -0.125. The molecule has 7 heteroatoms. The van der Waals surface area contributed by atoms with Crippen molar-refractivity contribution in [2.24, 2.45) is 0 Å². The van der Waals surface area contributed by atoms with Crippen LogP contribution in [0.3, 0.4) is 0 Å². The van der Waals surface area contributed by atoms with Crippen LogP contribution >= 0.6 is 0 Å². The van der Waals surface area contributed by atoms with Crippen molar-refractivity contribution in [3.63, 3.8) is 0 Å². The molecule has 0 bridgehead atoms. The van der Waals surface area contributed by atoms with Gasteiger partial charge in [-0.15, -0.1) is 0 Å². The van der Waals surface area contributed by atoms with Crippen molar-refractivity contribution in [1.29, 1.82) is 5.26 Å². The fraction of sp³-hybridized carbons (Fsp3) is 0.450. The summed E-state index contributed by atoms with van der Waals surface area (Å²) in [6.07, 6.45) is 7.75. The topological polar surface area (TPSA) is 94.0 Å². The SMILES string of the molecule is C=CC(=O)N1CC[C@@H](Nc2c(C#N)cnc3[nH]cc(C4CCOCC4)c23)C1. The zero-order valence-electron chi connectivity index (χ0n) is 15.2. The number of aromatic amines is 1. The highest BCUT2D eigenvalue weighted by atomic mass is 16.5. The first kappa shape index (κ1) is 17.6. The average molecular weight is 365 g/mol. The summed E-state index contributed by atoms with van der Waals surface area (Å²) in [5.41, 5.74) is 3.33. The highest BCUT2D eigenvalue weighted by Crippen LogP contribution is 2.37. The summed E-state index contributed by atoms with van der Waals surface area (Å²) in [6, 6.07) is 2.37. The van der Waals surface area contributed by atoms with E-state index in [0.29, 0.717) is 24.6 Å². The van der Waals surface area contributed by atoms with Gasteiger partial charge in [-0.2, -0.15) is 5.26 Å². The fourth-order valence-electron chi connectivity index (χ4n) is 4.10. The van der Waals surface area contributed by atoms with Crippen molar-refractivity contribution >= 4 is 22.6 Å². The Balaban J connectivity index is 1.68. The predicted octanol–water partition coefficient (Wildman–Crippen LogP) is 2.53. The first-order chi connectivity index (χ1) is 13.2. The lowest BCUT2D eigenvalue weighted by Gasteiger charge is -2.23. The molecule has 1 atom stereocenters. The summed E-state index contributed by atoms with van der Waals surface area (Å²) in [6.45, 7) is 6.38. The van der Waals surface area contributed by atoms with Gasteiger partial charge in [-0.05, 0) is 36.8 Å². The van der Waals surface area contributed by atoms with Crippen LogP contribution in [0.2, 0.25) is 0 Å². The quantitative estimate of drug-likeness (QED) is 0.812. The number of likely N-dealkylation sites (tertiary alicyclic amines) is 1. The number of anilines is 1. The Bertz CT molecular complexity index is 907. The second kappa shape index (κ2) is 7.41. The Labute approximate surface area is 158 Å². The number of hydrogen-bond donors (Lipinski definition) is 2. The van der Waals surface area contributed by atoms with Gasteiger partial charge in [-0.3, -0.25) is 4.79 Å². The van der Waals surface area contributed by atoms with Crippen LogP contribution in [0.4, 0.5) is 5.69 Å². The van der Waals surface area contributed by atoms with Crippen LogP contribution in [0, 0.1) is 11.3 Å². The van der Waals surface area contributed by atoms with Gasteiger partial charge in [-0.1, -0.05) is 6.58 Å². The Hall–Kier alpha value is -2.85. The lowest BCUT2D eigenvalue weighted by atomic mass is 9.91. The van der Waals surface area contributed by atoms with Crippen LogP contribution in [0.1, 0.15) is 36.3 Å². The minimum atomic E-state index is -0.0516. The van der Waals surface area contributed by atoms with Gasteiger partial charge in [0.05, 0.1) is 11.3 Å². The second-order valence-corrected chi connectivity index (χ2v) is 7.13. The van der Waals surface area contributed by atoms with Gasteiger partial charge in [0.1, 0.15) is 11.7 Å². The molecule has 2 aliphatic heterocycles. The summed E-state index contributed by atoms with van der Waals surface area (Å²) < 4.78 is 5.50. The van der Waals surface area contributed by atoms with E-state index in [1.54, 1.807) is 11.1 Å². The number of nitrogens with one attached hydrogen (secondary N) is 2. The van der Waals surface area contributed by atoms with E-state index in [-0.39, 0.29) is 11.9 Å². The summed E-state index contributed by atoms with van der Waals surface area (Å²) in [5.74, 6) is 0.343. The lowest BCUT2D eigenvalue weighted by Crippen LogP contribution is -2.30. The number of aromatic nitrogens is 2. The summed E-state index contributed by atoms with van der Waals surface area (Å²) in [7, 11) is 0. The molecule has 0 unspecified atom stereocenters.